The van der Waals surface area contributed by atoms with Crippen molar-refractivity contribution in [1.82, 2.24) is 5.43 Å². The van der Waals surface area contributed by atoms with E-state index in [9.17, 15) is 4.79 Å². The molecule has 0 aliphatic carbocycles. The number of carbonyl (C=O) groups is 1. The van der Waals surface area contributed by atoms with E-state index in [0.717, 1.165) is 0 Å². The van der Waals surface area contributed by atoms with Crippen molar-refractivity contribution in [3.63, 3.8) is 0 Å². The second-order valence-electron chi connectivity index (χ2n) is 2.13. The molecule has 0 unspecified atom stereocenters. The van der Waals surface area contributed by atoms with Crippen LogP contribution in [0.3, 0.4) is 0 Å². The fourth-order valence-corrected chi connectivity index (χ4v) is 0.820. The van der Waals surface area contributed by atoms with E-state index < -0.39 is 0 Å². The van der Waals surface area contributed by atoms with Crippen LogP contribution in [0.1, 0.15) is 15.9 Å². The van der Waals surface area contributed by atoms with Crippen LogP contribution in [0, 0.1) is 6.92 Å². The summed E-state index contributed by atoms with van der Waals surface area (Å²) in [5, 5.41) is 0. The predicted octanol–water partition coefficient (Wildman–Crippen LogP) is 0.472. The Bertz CT molecular complexity index is 271. The molecule has 1 amide bonds. The molecule has 3 N–H and O–H groups in total. The van der Waals surface area contributed by atoms with Crippen molar-refractivity contribution in [3.8, 4) is 0 Å². The molecular formula is C8H9N2O. The van der Waals surface area contributed by atoms with Gasteiger partial charge < -0.3 is 0 Å². The monoisotopic (exact) mass is 149 g/mol. The van der Waals surface area contributed by atoms with Crippen LogP contribution in [0.5, 0.6) is 0 Å². The number of hydrogen-bond acceptors (Lipinski definition) is 2. The molecule has 3 nitrogen and oxygen atoms in total. The zero-order valence-electron chi connectivity index (χ0n) is 6.00. The molecule has 1 radical (unpaired) electrons. The fourth-order valence-electron chi connectivity index (χ4n) is 0.820. The maximum Gasteiger partial charge on any atom is 0.265 e. The van der Waals surface area contributed by atoms with Crippen LogP contribution < -0.4 is 11.3 Å². The Morgan fingerprint density at radius 2 is 2.09 bits per heavy atom. The van der Waals surface area contributed by atoms with Gasteiger partial charge in [0.15, 0.2) is 0 Å². The minimum absolute atomic E-state index is 0.310. The third kappa shape index (κ3) is 1.56. The Labute approximate surface area is 65.2 Å². The molecular weight excluding hydrogens is 140 g/mol. The zero-order chi connectivity index (χ0) is 8.27. The first-order valence-electron chi connectivity index (χ1n) is 3.17. The summed E-state index contributed by atoms with van der Waals surface area (Å²) >= 11 is 0. The maximum atomic E-state index is 11.0. The van der Waals surface area contributed by atoms with Crippen LogP contribution in [0.2, 0.25) is 0 Å². The summed E-state index contributed by atoms with van der Waals surface area (Å²) in [6, 6.07) is 7.00. The largest absolute Gasteiger partial charge is 0.290 e. The van der Waals surface area contributed by atoms with Gasteiger partial charge >= 0.3 is 0 Å². The van der Waals surface area contributed by atoms with Gasteiger partial charge in [0.1, 0.15) is 0 Å². The molecule has 0 aliphatic heterocycles. The van der Waals surface area contributed by atoms with Crippen molar-refractivity contribution >= 4 is 5.91 Å². The number of benzene rings is 1. The lowest BCUT2D eigenvalue weighted by molar-refractivity contribution is 0.0953. The summed E-state index contributed by atoms with van der Waals surface area (Å²) < 4.78 is 0. The second kappa shape index (κ2) is 3.16. The minimum atomic E-state index is -0.310. The molecule has 0 spiro atoms. The third-order valence-electron chi connectivity index (χ3n) is 1.39. The number of nitrogens with two attached hydrogens (primary N) is 1. The molecule has 0 atom stereocenters. The fraction of sp³-hybridized carbons (Fsp3) is 0. The lowest BCUT2D eigenvalue weighted by Crippen LogP contribution is -2.30. The van der Waals surface area contributed by atoms with E-state index in [-0.39, 0.29) is 5.91 Å². The molecule has 0 aliphatic rings. The highest BCUT2D eigenvalue weighted by Gasteiger charge is 2.04. The average molecular weight is 149 g/mol. The average Bonchev–Trinajstić information content (AvgIpc) is 2.04. The van der Waals surface area contributed by atoms with Gasteiger partial charge in [-0.25, -0.2) is 5.84 Å². The SMILES string of the molecule is [CH2]c1ccccc1C(=O)NN. The molecule has 3 heteroatoms. The highest BCUT2D eigenvalue weighted by Crippen LogP contribution is 2.05. The first-order chi connectivity index (χ1) is 5.25. The van der Waals surface area contributed by atoms with Gasteiger partial charge in [-0.15, -0.1) is 0 Å². The number of amides is 1. The third-order valence-corrected chi connectivity index (χ3v) is 1.39. The Balaban J connectivity index is 3.03. The van der Waals surface area contributed by atoms with Crippen LogP contribution >= 0.6 is 0 Å². The van der Waals surface area contributed by atoms with Gasteiger partial charge in [0.25, 0.3) is 5.91 Å². The summed E-state index contributed by atoms with van der Waals surface area (Å²) in [4.78, 5) is 11.0. The molecule has 0 heterocycles. The van der Waals surface area contributed by atoms with Gasteiger partial charge in [0.05, 0.1) is 0 Å². The Morgan fingerprint density at radius 1 is 1.45 bits per heavy atom. The number of hydrogen-bond donors (Lipinski definition) is 2. The first-order valence-corrected chi connectivity index (χ1v) is 3.17. The lowest BCUT2D eigenvalue weighted by Gasteiger charge is -2.01. The zero-order valence-corrected chi connectivity index (χ0v) is 6.00. The molecule has 57 valence electrons. The summed E-state index contributed by atoms with van der Waals surface area (Å²) in [6.45, 7) is 3.67. The van der Waals surface area contributed by atoms with Crippen molar-refractivity contribution in [2.24, 2.45) is 5.84 Å². The van der Waals surface area contributed by atoms with Crippen LogP contribution in [0.15, 0.2) is 24.3 Å². The molecule has 1 aromatic rings. The van der Waals surface area contributed by atoms with Crippen molar-refractivity contribution < 1.29 is 4.79 Å². The molecule has 1 aromatic carbocycles. The summed E-state index contributed by atoms with van der Waals surface area (Å²) in [6.07, 6.45) is 0. The van der Waals surface area contributed by atoms with Crippen molar-refractivity contribution in [2.75, 3.05) is 0 Å². The highest BCUT2D eigenvalue weighted by atomic mass is 16.2. The second-order valence-corrected chi connectivity index (χ2v) is 2.13. The number of nitrogen functional groups attached to an aromatic ring is 1. The first kappa shape index (κ1) is 7.75. The topological polar surface area (TPSA) is 55.1 Å². The molecule has 0 saturated carbocycles. The van der Waals surface area contributed by atoms with Gasteiger partial charge in [0.2, 0.25) is 0 Å². The summed E-state index contributed by atoms with van der Waals surface area (Å²) in [7, 11) is 0. The van der Waals surface area contributed by atoms with Crippen LogP contribution in [-0.2, 0) is 0 Å². The van der Waals surface area contributed by atoms with E-state index in [0.29, 0.717) is 11.1 Å². The summed E-state index contributed by atoms with van der Waals surface area (Å²) in [5.74, 6) is 4.64. The van der Waals surface area contributed by atoms with Gasteiger partial charge in [-0.3, -0.25) is 10.2 Å². The molecule has 0 saturated heterocycles. The van der Waals surface area contributed by atoms with Crippen molar-refractivity contribution in [2.45, 2.75) is 0 Å². The predicted molar refractivity (Wildman–Crippen MR) is 42.6 cm³/mol. The lowest BCUT2D eigenvalue weighted by atomic mass is 10.1. The maximum absolute atomic E-state index is 11.0. The van der Waals surface area contributed by atoms with Gasteiger partial charge in [0, 0.05) is 5.56 Å². The van der Waals surface area contributed by atoms with E-state index in [4.69, 9.17) is 5.84 Å². The van der Waals surface area contributed by atoms with Crippen LogP contribution in [0.25, 0.3) is 0 Å². The van der Waals surface area contributed by atoms with Crippen molar-refractivity contribution in [3.05, 3.63) is 42.3 Å². The van der Waals surface area contributed by atoms with Gasteiger partial charge in [-0.1, -0.05) is 18.2 Å². The number of carbonyl (C=O) groups excluding carboxylic acids is 1. The van der Waals surface area contributed by atoms with E-state index in [2.05, 4.69) is 6.92 Å². The van der Waals surface area contributed by atoms with E-state index in [1.807, 2.05) is 11.5 Å². The van der Waals surface area contributed by atoms with Gasteiger partial charge in [-0.05, 0) is 18.6 Å². The molecule has 0 aromatic heterocycles. The Morgan fingerprint density at radius 3 is 2.64 bits per heavy atom. The number of hydrazine groups is 1. The molecule has 1 rings (SSSR count). The standard InChI is InChI=1S/C8H9N2O/c1-6-4-2-3-5-7(6)8(11)10-9/h2-5H,1,9H2,(H,10,11). The molecule has 0 fully saturated rings. The number of nitrogens with one attached hydrogen (secondary N) is 1. The van der Waals surface area contributed by atoms with Crippen molar-refractivity contribution in [1.29, 1.82) is 0 Å². The molecule has 11 heavy (non-hydrogen) atoms. The van der Waals surface area contributed by atoms with Crippen LogP contribution in [0.4, 0.5) is 0 Å². The Hall–Kier alpha value is -1.35. The highest BCUT2D eigenvalue weighted by molar-refractivity contribution is 5.95. The van der Waals surface area contributed by atoms with E-state index >= 15 is 0 Å². The Kier molecular flexibility index (Phi) is 2.23. The number of rotatable bonds is 1. The van der Waals surface area contributed by atoms with E-state index in [1.54, 1.807) is 18.2 Å². The minimum Gasteiger partial charge on any atom is -0.290 e. The summed E-state index contributed by atoms with van der Waals surface area (Å²) in [5.41, 5.74) is 3.23. The quantitative estimate of drug-likeness (QED) is 0.346. The smallest absolute Gasteiger partial charge is 0.265 e. The van der Waals surface area contributed by atoms with E-state index in [1.165, 1.54) is 0 Å². The van der Waals surface area contributed by atoms with Crippen LogP contribution in [-0.4, -0.2) is 5.91 Å². The molecule has 0 bridgehead atoms. The normalized spacial score (nSPS) is 9.27. The van der Waals surface area contributed by atoms with Gasteiger partial charge in [-0.2, -0.15) is 0 Å².